The van der Waals surface area contributed by atoms with Crippen LogP contribution in [-0.4, -0.2) is 34.8 Å². The molecule has 0 rings (SSSR count). The molecule has 2 atom stereocenters. The van der Waals surface area contributed by atoms with Gasteiger partial charge in [0.1, 0.15) is 6.04 Å². The third kappa shape index (κ3) is 6.36. The Kier molecular flexibility index (Phi) is 5.39. The molecular formula is C9H18N4O4. The van der Waals surface area contributed by atoms with Crippen LogP contribution in [0.3, 0.4) is 0 Å². The summed E-state index contributed by atoms with van der Waals surface area (Å²) in [5, 5.41) is 8.62. The number of carboxylic acid groups (broad SMARTS) is 1. The van der Waals surface area contributed by atoms with Crippen LogP contribution in [0.1, 0.15) is 26.7 Å². The zero-order valence-electron chi connectivity index (χ0n) is 9.84. The van der Waals surface area contributed by atoms with Crippen LogP contribution >= 0.6 is 0 Å². The fraction of sp³-hybridized carbons (Fsp3) is 0.667. The van der Waals surface area contributed by atoms with Crippen molar-refractivity contribution in [1.82, 2.24) is 0 Å². The van der Waals surface area contributed by atoms with E-state index in [-0.39, 0.29) is 18.8 Å². The van der Waals surface area contributed by atoms with Crippen molar-refractivity contribution < 1.29 is 19.4 Å². The quantitative estimate of drug-likeness (QED) is 0.259. The lowest BCUT2D eigenvalue weighted by Crippen LogP contribution is -2.38. The Morgan fingerprint density at radius 1 is 1.47 bits per heavy atom. The largest absolute Gasteiger partial charge is 0.480 e. The van der Waals surface area contributed by atoms with Gasteiger partial charge in [0.2, 0.25) is 5.72 Å². The number of nitrogens with zero attached hydrogens (tertiary/aromatic N) is 1. The van der Waals surface area contributed by atoms with E-state index in [9.17, 15) is 9.59 Å². The molecule has 1 unspecified atom stereocenters. The second-order valence-electron chi connectivity index (χ2n) is 3.79. The zero-order chi connectivity index (χ0) is 13.6. The molecule has 0 aliphatic heterocycles. The number of aliphatic imine (C=N–C) groups is 1. The number of ether oxygens (including phenoxy) is 1. The maximum Gasteiger partial charge on any atom is 0.320 e. The molecule has 0 aliphatic rings. The first-order valence-corrected chi connectivity index (χ1v) is 4.95. The van der Waals surface area contributed by atoms with Gasteiger partial charge in [0.05, 0.1) is 0 Å². The average Bonchev–Trinajstić information content (AvgIpc) is 2.11. The third-order valence-corrected chi connectivity index (χ3v) is 1.97. The van der Waals surface area contributed by atoms with E-state index in [0.717, 1.165) is 0 Å². The Morgan fingerprint density at radius 3 is 2.35 bits per heavy atom. The Morgan fingerprint density at radius 2 is 2.00 bits per heavy atom. The van der Waals surface area contributed by atoms with Crippen molar-refractivity contribution in [1.29, 1.82) is 0 Å². The number of aliphatic carboxylic acids is 1. The molecule has 0 amide bonds. The number of carbonyl (C=O) groups is 2. The molecule has 7 N–H and O–H groups in total. The molecule has 8 heteroatoms. The van der Waals surface area contributed by atoms with Crippen molar-refractivity contribution in [2.45, 2.75) is 38.5 Å². The summed E-state index contributed by atoms with van der Waals surface area (Å²) in [5.74, 6) is -1.96. The summed E-state index contributed by atoms with van der Waals surface area (Å²) in [4.78, 5) is 25.2. The van der Waals surface area contributed by atoms with E-state index in [1.807, 2.05) is 0 Å². The standard InChI is InChI=1S/C9H18N4O4/c1-5(14)17-9(2,13-8(11)12)4-3-6(10)7(15)16/h6H,3-4,10H2,1-2H3,(H,15,16)(H4,11,12,13)/t6-,9?/m0/s1. The van der Waals surface area contributed by atoms with Gasteiger partial charge in [-0.15, -0.1) is 0 Å². The van der Waals surface area contributed by atoms with Crippen molar-refractivity contribution in [2.24, 2.45) is 22.2 Å². The van der Waals surface area contributed by atoms with E-state index >= 15 is 0 Å². The molecular weight excluding hydrogens is 228 g/mol. The monoisotopic (exact) mass is 246 g/mol. The summed E-state index contributed by atoms with van der Waals surface area (Å²) < 4.78 is 4.94. The molecule has 0 aromatic carbocycles. The van der Waals surface area contributed by atoms with Gasteiger partial charge in [0.25, 0.3) is 0 Å². The van der Waals surface area contributed by atoms with Gasteiger partial charge >= 0.3 is 11.9 Å². The molecule has 0 aliphatic carbocycles. The van der Waals surface area contributed by atoms with Crippen LogP contribution in [0, 0.1) is 0 Å². The van der Waals surface area contributed by atoms with Crippen molar-refractivity contribution >= 4 is 17.9 Å². The first-order chi connectivity index (χ1) is 7.66. The van der Waals surface area contributed by atoms with Gasteiger partial charge in [-0.2, -0.15) is 0 Å². The van der Waals surface area contributed by atoms with Crippen LogP contribution in [0.25, 0.3) is 0 Å². The van der Waals surface area contributed by atoms with Gasteiger partial charge in [0, 0.05) is 13.3 Å². The lowest BCUT2D eigenvalue weighted by molar-refractivity contribution is -0.155. The number of nitrogens with two attached hydrogens (primary N) is 3. The molecule has 0 saturated carbocycles. The van der Waals surface area contributed by atoms with Gasteiger partial charge < -0.3 is 27.0 Å². The van der Waals surface area contributed by atoms with Crippen LogP contribution in [0.2, 0.25) is 0 Å². The first-order valence-electron chi connectivity index (χ1n) is 4.95. The highest BCUT2D eigenvalue weighted by Crippen LogP contribution is 2.20. The highest BCUT2D eigenvalue weighted by Gasteiger charge is 2.29. The second-order valence-corrected chi connectivity index (χ2v) is 3.79. The van der Waals surface area contributed by atoms with Crippen LogP contribution in [0.4, 0.5) is 0 Å². The Balaban J connectivity index is 4.66. The van der Waals surface area contributed by atoms with Crippen LogP contribution < -0.4 is 17.2 Å². The fourth-order valence-electron chi connectivity index (χ4n) is 1.26. The molecule has 98 valence electrons. The minimum Gasteiger partial charge on any atom is -0.480 e. The van der Waals surface area contributed by atoms with Crippen molar-refractivity contribution in [3.63, 3.8) is 0 Å². The van der Waals surface area contributed by atoms with Crippen molar-refractivity contribution in [3.05, 3.63) is 0 Å². The van der Waals surface area contributed by atoms with E-state index in [2.05, 4.69) is 4.99 Å². The topological polar surface area (TPSA) is 154 Å². The average molecular weight is 246 g/mol. The Bertz CT molecular complexity index is 327. The Labute approximate surface area is 98.8 Å². The van der Waals surface area contributed by atoms with E-state index in [1.165, 1.54) is 13.8 Å². The SMILES string of the molecule is CC(=O)OC(C)(CC[C@H](N)C(=O)O)N=C(N)N. The molecule has 0 radical (unpaired) electrons. The lowest BCUT2D eigenvalue weighted by Gasteiger charge is -2.25. The molecule has 0 fully saturated rings. The molecule has 8 nitrogen and oxygen atoms in total. The van der Waals surface area contributed by atoms with E-state index in [4.69, 9.17) is 27.0 Å². The van der Waals surface area contributed by atoms with E-state index < -0.39 is 23.7 Å². The van der Waals surface area contributed by atoms with Gasteiger partial charge in [0.15, 0.2) is 5.96 Å². The number of hydrogen-bond acceptors (Lipinski definition) is 5. The normalized spacial score (nSPS) is 15.5. The molecule has 0 bridgehead atoms. The number of carbonyl (C=O) groups excluding carboxylic acids is 1. The van der Waals surface area contributed by atoms with E-state index in [0.29, 0.717) is 0 Å². The predicted molar refractivity (Wildman–Crippen MR) is 60.8 cm³/mol. The van der Waals surface area contributed by atoms with Gasteiger partial charge in [-0.1, -0.05) is 0 Å². The lowest BCUT2D eigenvalue weighted by atomic mass is 10.1. The number of hydrogen-bond donors (Lipinski definition) is 4. The number of esters is 1. The summed E-state index contributed by atoms with van der Waals surface area (Å²) in [6.07, 6.45) is 0.188. The van der Waals surface area contributed by atoms with Crippen molar-refractivity contribution in [3.8, 4) is 0 Å². The minimum absolute atomic E-state index is 0.0793. The summed E-state index contributed by atoms with van der Waals surface area (Å²) in [5.41, 5.74) is 14.5. The van der Waals surface area contributed by atoms with Crippen LogP contribution in [0.15, 0.2) is 4.99 Å². The highest BCUT2D eigenvalue weighted by molar-refractivity contribution is 5.76. The highest BCUT2D eigenvalue weighted by atomic mass is 16.6. The van der Waals surface area contributed by atoms with Crippen LogP contribution in [-0.2, 0) is 14.3 Å². The second kappa shape index (κ2) is 6.04. The smallest absolute Gasteiger partial charge is 0.320 e. The van der Waals surface area contributed by atoms with E-state index in [1.54, 1.807) is 0 Å². The molecule has 0 saturated heterocycles. The minimum atomic E-state index is -1.29. The first kappa shape index (κ1) is 15.2. The molecule has 0 spiro atoms. The maximum atomic E-state index is 10.9. The fourth-order valence-corrected chi connectivity index (χ4v) is 1.26. The number of guanidine groups is 1. The molecule has 0 aromatic rings. The third-order valence-electron chi connectivity index (χ3n) is 1.97. The number of carboxylic acids is 1. The van der Waals surface area contributed by atoms with Gasteiger partial charge in [-0.25, -0.2) is 4.99 Å². The van der Waals surface area contributed by atoms with Crippen molar-refractivity contribution in [2.75, 3.05) is 0 Å². The Hall–Kier alpha value is -1.83. The summed E-state index contributed by atoms with van der Waals surface area (Å²) >= 11 is 0. The molecule has 0 heterocycles. The zero-order valence-corrected chi connectivity index (χ0v) is 9.84. The van der Waals surface area contributed by atoms with Crippen LogP contribution in [0.5, 0.6) is 0 Å². The summed E-state index contributed by atoms with van der Waals surface area (Å²) in [7, 11) is 0. The molecule has 0 aromatic heterocycles. The molecule has 17 heavy (non-hydrogen) atoms. The van der Waals surface area contributed by atoms with Gasteiger partial charge in [-0.05, 0) is 13.3 Å². The summed E-state index contributed by atoms with van der Waals surface area (Å²) in [6.45, 7) is 2.68. The number of rotatable bonds is 6. The maximum absolute atomic E-state index is 10.9. The summed E-state index contributed by atoms with van der Waals surface area (Å²) in [6, 6.07) is -1.06. The van der Waals surface area contributed by atoms with Gasteiger partial charge in [-0.3, -0.25) is 9.59 Å². The predicted octanol–water partition coefficient (Wildman–Crippen LogP) is -1.27.